The molecule has 1 saturated heterocycles. The molecule has 0 spiro atoms. The minimum Gasteiger partial charge on any atom is -0.366 e. The van der Waals surface area contributed by atoms with Crippen LogP contribution in [0.2, 0.25) is 0 Å². The predicted octanol–water partition coefficient (Wildman–Crippen LogP) is 3.20. The van der Waals surface area contributed by atoms with Crippen LogP contribution < -0.4 is 5.73 Å². The van der Waals surface area contributed by atoms with E-state index in [9.17, 15) is 4.79 Å². The lowest BCUT2D eigenvalue weighted by Crippen LogP contribution is -2.25. The number of ether oxygens (including phenoxy) is 1. The molecule has 0 aromatic rings. The van der Waals surface area contributed by atoms with Gasteiger partial charge in [0, 0.05) is 13.0 Å². The molecular weight excluding hydrogens is 226 g/mol. The molecule has 2 unspecified atom stereocenters. The topological polar surface area (TPSA) is 52.3 Å². The van der Waals surface area contributed by atoms with Crippen LogP contribution >= 0.6 is 0 Å². The predicted molar refractivity (Wildman–Crippen MR) is 74.6 cm³/mol. The third-order valence-corrected chi connectivity index (χ3v) is 3.76. The van der Waals surface area contributed by atoms with E-state index in [2.05, 4.69) is 6.92 Å². The number of nitrogens with two attached hydrogens (primary N) is 1. The summed E-state index contributed by atoms with van der Waals surface area (Å²) in [6.45, 7) is 2.77. The molecule has 0 saturated carbocycles. The summed E-state index contributed by atoms with van der Waals surface area (Å²) in [5.74, 6) is 0.291. The normalized spacial score (nSPS) is 23.4. The van der Waals surface area contributed by atoms with Crippen molar-refractivity contribution in [2.45, 2.75) is 83.3 Å². The standard InChI is InChI=1S/C15H29NO2/c1-2-3-4-5-6-7-8-9-14(17)15-11-10-13(12-16)18-15/h13,15H,2-12,16H2,1H3. The average molecular weight is 255 g/mol. The molecular formula is C15H29NO2. The van der Waals surface area contributed by atoms with Gasteiger partial charge in [-0.3, -0.25) is 4.79 Å². The molecule has 1 aliphatic heterocycles. The van der Waals surface area contributed by atoms with Gasteiger partial charge in [0.2, 0.25) is 0 Å². The van der Waals surface area contributed by atoms with Crippen LogP contribution in [0.5, 0.6) is 0 Å². The Kier molecular flexibility index (Phi) is 8.27. The third kappa shape index (κ3) is 5.96. The van der Waals surface area contributed by atoms with Gasteiger partial charge in [-0.1, -0.05) is 45.4 Å². The Balaban J connectivity index is 1.97. The quantitative estimate of drug-likeness (QED) is 0.610. The molecule has 1 aliphatic rings. The largest absolute Gasteiger partial charge is 0.366 e. The van der Waals surface area contributed by atoms with E-state index in [0.29, 0.717) is 18.7 Å². The van der Waals surface area contributed by atoms with Gasteiger partial charge in [0.05, 0.1) is 6.10 Å². The van der Waals surface area contributed by atoms with E-state index in [1.54, 1.807) is 0 Å². The molecule has 0 aromatic carbocycles. The van der Waals surface area contributed by atoms with E-state index in [0.717, 1.165) is 19.3 Å². The SMILES string of the molecule is CCCCCCCCCC(=O)C1CCC(CN)O1. The van der Waals surface area contributed by atoms with Crippen LogP contribution in [-0.2, 0) is 9.53 Å². The second-order valence-corrected chi connectivity index (χ2v) is 5.40. The molecule has 1 rings (SSSR count). The van der Waals surface area contributed by atoms with Crippen LogP contribution in [0.4, 0.5) is 0 Å². The maximum absolute atomic E-state index is 11.9. The maximum atomic E-state index is 11.9. The zero-order valence-corrected chi connectivity index (χ0v) is 11.8. The molecule has 2 N–H and O–H groups in total. The van der Waals surface area contributed by atoms with E-state index in [-0.39, 0.29) is 12.2 Å². The van der Waals surface area contributed by atoms with Gasteiger partial charge in [0.15, 0.2) is 5.78 Å². The Hall–Kier alpha value is -0.410. The van der Waals surface area contributed by atoms with E-state index >= 15 is 0 Å². The summed E-state index contributed by atoms with van der Waals surface area (Å²) in [4.78, 5) is 11.9. The summed E-state index contributed by atoms with van der Waals surface area (Å²) in [5, 5.41) is 0. The summed E-state index contributed by atoms with van der Waals surface area (Å²) in [6, 6.07) is 0. The zero-order valence-electron chi connectivity index (χ0n) is 11.8. The van der Waals surface area contributed by atoms with Crippen molar-refractivity contribution in [3.05, 3.63) is 0 Å². The van der Waals surface area contributed by atoms with Gasteiger partial charge in [-0.05, 0) is 19.3 Å². The molecule has 0 aromatic heterocycles. The first kappa shape index (κ1) is 15.6. The maximum Gasteiger partial charge on any atom is 0.161 e. The molecule has 0 amide bonds. The Bertz CT molecular complexity index is 231. The van der Waals surface area contributed by atoms with E-state index in [1.165, 1.54) is 38.5 Å². The van der Waals surface area contributed by atoms with Crippen molar-refractivity contribution in [3.63, 3.8) is 0 Å². The lowest BCUT2D eigenvalue weighted by molar-refractivity contribution is -0.129. The van der Waals surface area contributed by atoms with Crippen LogP contribution in [0.25, 0.3) is 0 Å². The van der Waals surface area contributed by atoms with Crippen molar-refractivity contribution in [1.82, 2.24) is 0 Å². The number of Topliss-reactive ketones (excluding diaryl/α,β-unsaturated/α-hetero) is 1. The third-order valence-electron chi connectivity index (χ3n) is 3.76. The van der Waals surface area contributed by atoms with Gasteiger partial charge < -0.3 is 10.5 Å². The van der Waals surface area contributed by atoms with Crippen molar-refractivity contribution in [3.8, 4) is 0 Å². The van der Waals surface area contributed by atoms with Crippen molar-refractivity contribution < 1.29 is 9.53 Å². The second-order valence-electron chi connectivity index (χ2n) is 5.40. The second kappa shape index (κ2) is 9.51. The van der Waals surface area contributed by atoms with Crippen LogP contribution in [-0.4, -0.2) is 24.5 Å². The van der Waals surface area contributed by atoms with Crippen LogP contribution in [0.1, 0.15) is 71.1 Å². The number of hydrogen-bond acceptors (Lipinski definition) is 3. The Labute approximate surface area is 111 Å². The first-order valence-corrected chi connectivity index (χ1v) is 7.66. The monoisotopic (exact) mass is 255 g/mol. The number of hydrogen-bond donors (Lipinski definition) is 1. The molecule has 1 heterocycles. The van der Waals surface area contributed by atoms with E-state index < -0.39 is 0 Å². The van der Waals surface area contributed by atoms with Crippen molar-refractivity contribution in [1.29, 1.82) is 0 Å². The smallest absolute Gasteiger partial charge is 0.161 e. The zero-order chi connectivity index (χ0) is 13.2. The Morgan fingerprint density at radius 1 is 1.11 bits per heavy atom. The molecule has 106 valence electrons. The molecule has 0 aliphatic carbocycles. The van der Waals surface area contributed by atoms with Crippen LogP contribution in [0.3, 0.4) is 0 Å². The van der Waals surface area contributed by atoms with Crippen molar-refractivity contribution in [2.75, 3.05) is 6.54 Å². The summed E-state index contributed by atoms with van der Waals surface area (Å²) < 4.78 is 5.61. The molecule has 18 heavy (non-hydrogen) atoms. The van der Waals surface area contributed by atoms with Crippen molar-refractivity contribution >= 4 is 5.78 Å². The molecule has 0 bridgehead atoms. The number of ketones is 1. The van der Waals surface area contributed by atoms with Gasteiger partial charge in [-0.2, -0.15) is 0 Å². The van der Waals surface area contributed by atoms with Crippen LogP contribution in [0.15, 0.2) is 0 Å². The van der Waals surface area contributed by atoms with Gasteiger partial charge in [0.25, 0.3) is 0 Å². The van der Waals surface area contributed by atoms with Gasteiger partial charge >= 0.3 is 0 Å². The van der Waals surface area contributed by atoms with Crippen LogP contribution in [0, 0.1) is 0 Å². The summed E-state index contributed by atoms with van der Waals surface area (Å²) in [5.41, 5.74) is 5.54. The Morgan fingerprint density at radius 2 is 1.78 bits per heavy atom. The van der Waals surface area contributed by atoms with E-state index in [1.807, 2.05) is 0 Å². The van der Waals surface area contributed by atoms with Gasteiger partial charge in [0.1, 0.15) is 6.10 Å². The molecule has 3 nitrogen and oxygen atoms in total. The highest BCUT2D eigenvalue weighted by Gasteiger charge is 2.28. The first-order chi connectivity index (χ1) is 8.77. The highest BCUT2D eigenvalue weighted by molar-refractivity contribution is 5.83. The molecule has 1 fully saturated rings. The minimum absolute atomic E-state index is 0.119. The number of unbranched alkanes of at least 4 members (excludes halogenated alkanes) is 6. The molecule has 0 radical (unpaired) electrons. The first-order valence-electron chi connectivity index (χ1n) is 7.66. The highest BCUT2D eigenvalue weighted by Crippen LogP contribution is 2.21. The number of rotatable bonds is 10. The fourth-order valence-corrected chi connectivity index (χ4v) is 2.53. The van der Waals surface area contributed by atoms with Gasteiger partial charge in [-0.25, -0.2) is 0 Å². The molecule has 3 heteroatoms. The summed E-state index contributed by atoms with van der Waals surface area (Å²) >= 11 is 0. The summed E-state index contributed by atoms with van der Waals surface area (Å²) in [6.07, 6.45) is 11.2. The van der Waals surface area contributed by atoms with Gasteiger partial charge in [-0.15, -0.1) is 0 Å². The number of carbonyl (C=O) groups is 1. The lowest BCUT2D eigenvalue weighted by atomic mass is 10.0. The van der Waals surface area contributed by atoms with E-state index in [4.69, 9.17) is 10.5 Å². The van der Waals surface area contributed by atoms with Crippen molar-refractivity contribution in [2.24, 2.45) is 5.73 Å². The Morgan fingerprint density at radius 3 is 2.39 bits per heavy atom. The fraction of sp³-hybridized carbons (Fsp3) is 0.933. The summed E-state index contributed by atoms with van der Waals surface area (Å²) in [7, 11) is 0. The highest BCUT2D eigenvalue weighted by atomic mass is 16.5. The lowest BCUT2D eigenvalue weighted by Gasteiger charge is -2.11. The minimum atomic E-state index is -0.154. The number of carbonyl (C=O) groups excluding carboxylic acids is 1. The molecule has 2 atom stereocenters. The fourth-order valence-electron chi connectivity index (χ4n) is 2.53. The average Bonchev–Trinajstić information content (AvgIpc) is 2.86.